The van der Waals surface area contributed by atoms with Gasteiger partial charge in [0.1, 0.15) is 32.6 Å². The van der Waals surface area contributed by atoms with Crippen molar-refractivity contribution in [2.75, 3.05) is 69.7 Å². The van der Waals surface area contributed by atoms with E-state index in [1.54, 1.807) is 19.2 Å². The van der Waals surface area contributed by atoms with Crippen LogP contribution in [0.15, 0.2) is 61.4 Å². The van der Waals surface area contributed by atoms with Crippen molar-refractivity contribution in [1.29, 1.82) is 0 Å². The van der Waals surface area contributed by atoms with Crippen LogP contribution in [0.1, 0.15) is 20.7 Å². The normalized spacial score (nSPS) is 10.2. The van der Waals surface area contributed by atoms with Crippen LogP contribution in [0.5, 0.6) is 0 Å². The minimum absolute atomic E-state index is 0.0395. The number of hydrogen-bond acceptors (Lipinski definition) is 15. The van der Waals surface area contributed by atoms with E-state index in [9.17, 15) is 28.8 Å². The van der Waals surface area contributed by atoms with Crippen molar-refractivity contribution in [3.63, 3.8) is 0 Å². The maximum absolute atomic E-state index is 12.2. The summed E-state index contributed by atoms with van der Waals surface area (Å²) < 4.78 is 24.7. The molecule has 0 spiro atoms. The second kappa shape index (κ2) is 19.6. The van der Waals surface area contributed by atoms with Crippen molar-refractivity contribution < 1.29 is 72.5 Å². The quantitative estimate of drug-likeness (QED) is 0.0486. The molecule has 0 aliphatic heterocycles. The number of aliphatic carboxylic acids is 2. The molecule has 0 aliphatic rings. The number of carboxylic acid groups (broad SMARTS) is 2. The molecule has 2 aromatic rings. The van der Waals surface area contributed by atoms with Crippen LogP contribution in [0.3, 0.4) is 0 Å². The van der Waals surface area contributed by atoms with Gasteiger partial charge in [-0.3, -0.25) is 9.59 Å². The number of esters is 4. The van der Waals surface area contributed by atoms with Crippen LogP contribution in [0.25, 0.3) is 0 Å². The lowest BCUT2D eigenvalue weighted by Gasteiger charge is -2.19. The van der Waals surface area contributed by atoms with Crippen molar-refractivity contribution >= 4 is 47.2 Å². The first-order valence-electron chi connectivity index (χ1n) is 13.3. The molecule has 2 N–H and O–H groups in total. The summed E-state index contributed by atoms with van der Waals surface area (Å²) >= 11 is 0. The molecular weight excluding hydrogens is 616 g/mol. The average molecular weight is 649 g/mol. The maximum Gasteiger partial charge on any atom is 0.344 e. The minimum Gasteiger partial charge on any atom is -0.480 e. The molecule has 0 heterocycles. The van der Waals surface area contributed by atoms with E-state index in [0.717, 1.165) is 11.3 Å². The molecule has 0 unspecified atom stereocenters. The lowest BCUT2D eigenvalue weighted by atomic mass is 10.2. The monoisotopic (exact) mass is 648 g/mol. The van der Waals surface area contributed by atoms with Crippen molar-refractivity contribution in [2.24, 2.45) is 0 Å². The second-order valence-electron chi connectivity index (χ2n) is 8.82. The van der Waals surface area contributed by atoms with Gasteiger partial charge in [-0.25, -0.2) is 24.2 Å². The van der Waals surface area contributed by atoms with Gasteiger partial charge in [0.15, 0.2) is 13.2 Å². The molecule has 0 aromatic heterocycles. The Morgan fingerprint density at radius 3 is 1.57 bits per heavy atom. The molecule has 0 aliphatic carbocycles. The Bertz CT molecular complexity index is 1350. The van der Waals surface area contributed by atoms with Crippen LogP contribution in [-0.2, 0) is 52.7 Å². The number of ether oxygens (including phenoxy) is 5. The number of carboxylic acids is 2. The summed E-state index contributed by atoms with van der Waals surface area (Å²) in [5.74, 6) is -5.47. The zero-order valence-corrected chi connectivity index (χ0v) is 24.7. The number of carbonyl (C=O) groups is 6. The summed E-state index contributed by atoms with van der Waals surface area (Å²) in [6.07, 6.45) is 0.950. The molecule has 2 rings (SSSR count). The van der Waals surface area contributed by atoms with E-state index in [4.69, 9.17) is 38.9 Å². The van der Waals surface area contributed by atoms with E-state index >= 15 is 0 Å². The lowest BCUT2D eigenvalue weighted by molar-refractivity contribution is -0.259. The number of anilines is 2. The van der Waals surface area contributed by atoms with E-state index in [0.29, 0.717) is 5.69 Å². The van der Waals surface area contributed by atoms with Crippen molar-refractivity contribution in [2.45, 2.75) is 0 Å². The molecule has 248 valence electrons. The van der Waals surface area contributed by atoms with Gasteiger partial charge in [-0.2, -0.15) is 0 Å². The van der Waals surface area contributed by atoms with Crippen LogP contribution in [-0.4, -0.2) is 106 Å². The minimum atomic E-state index is -1.20. The highest BCUT2D eigenvalue weighted by Crippen LogP contribution is 2.17. The summed E-state index contributed by atoms with van der Waals surface area (Å²) in [4.78, 5) is 80.5. The standard InChI is InChI=1S/C29H32N2O15/c1-3-45-46-31(17-25(34)35)23-10-6-21(7-11-23)29(39)44-19-27(37)42-15-13-40-12-14-41-26(36)18-43-28(38)20-4-8-22(9-5-20)30(2)16-24(32)33/h3-11H,1,12-19H2,2H3,(H,32,33)(H,34,35). The second-order valence-corrected chi connectivity index (χ2v) is 8.82. The average Bonchev–Trinajstić information content (AvgIpc) is 3.03. The van der Waals surface area contributed by atoms with Crippen molar-refractivity contribution in [1.82, 2.24) is 0 Å². The smallest absolute Gasteiger partial charge is 0.344 e. The van der Waals surface area contributed by atoms with Gasteiger partial charge in [0.25, 0.3) is 0 Å². The fourth-order valence-corrected chi connectivity index (χ4v) is 3.31. The van der Waals surface area contributed by atoms with E-state index < -0.39 is 55.6 Å². The SMILES string of the molecule is C=COON(CC(=O)O)c1ccc(C(=O)OCC(=O)OCCOCCOC(=O)COC(=O)c2ccc(N(C)CC(=O)O)cc2)cc1. The molecule has 0 bridgehead atoms. The van der Waals surface area contributed by atoms with Gasteiger partial charge < -0.3 is 43.7 Å². The van der Waals surface area contributed by atoms with Gasteiger partial charge in [-0.05, 0) is 48.5 Å². The van der Waals surface area contributed by atoms with Crippen LogP contribution in [0.2, 0.25) is 0 Å². The predicted molar refractivity (Wildman–Crippen MR) is 154 cm³/mol. The first kappa shape index (κ1) is 36.5. The van der Waals surface area contributed by atoms with Gasteiger partial charge in [-0.1, -0.05) is 11.6 Å². The fraction of sp³-hybridized carbons (Fsp3) is 0.310. The van der Waals surface area contributed by atoms with Crippen LogP contribution in [0, 0.1) is 0 Å². The molecule has 0 radical (unpaired) electrons. The molecule has 0 saturated carbocycles. The number of benzene rings is 2. The zero-order valence-electron chi connectivity index (χ0n) is 24.7. The molecule has 2 aromatic carbocycles. The van der Waals surface area contributed by atoms with E-state index in [1.807, 2.05) is 0 Å². The Morgan fingerprint density at radius 1 is 0.674 bits per heavy atom. The molecule has 0 saturated heterocycles. The third kappa shape index (κ3) is 13.7. The Morgan fingerprint density at radius 2 is 1.13 bits per heavy atom. The van der Waals surface area contributed by atoms with Crippen LogP contribution in [0.4, 0.5) is 11.4 Å². The van der Waals surface area contributed by atoms with Gasteiger partial charge in [-0.15, -0.1) is 0 Å². The third-order valence-corrected chi connectivity index (χ3v) is 5.41. The molecule has 0 amide bonds. The Kier molecular flexibility index (Phi) is 15.5. The molecule has 0 atom stereocenters. The van der Waals surface area contributed by atoms with Crippen molar-refractivity contribution in [3.05, 3.63) is 72.5 Å². The highest BCUT2D eigenvalue weighted by atomic mass is 17.3. The first-order valence-corrected chi connectivity index (χ1v) is 13.3. The highest BCUT2D eigenvalue weighted by molar-refractivity contribution is 5.92. The summed E-state index contributed by atoms with van der Waals surface area (Å²) in [5, 5.41) is 18.7. The number of likely N-dealkylation sites (N-methyl/N-ethyl adjacent to an activating group) is 1. The first-order chi connectivity index (χ1) is 22.0. The Balaban J connectivity index is 1.57. The van der Waals surface area contributed by atoms with Gasteiger partial charge in [0.05, 0.1) is 30.0 Å². The van der Waals surface area contributed by atoms with Crippen molar-refractivity contribution in [3.8, 4) is 0 Å². The van der Waals surface area contributed by atoms with Crippen LogP contribution >= 0.6 is 0 Å². The third-order valence-electron chi connectivity index (χ3n) is 5.41. The van der Waals surface area contributed by atoms with Gasteiger partial charge in [0.2, 0.25) is 0 Å². The topological polar surface area (TPSA) is 214 Å². The molecule has 0 fully saturated rings. The molecule has 46 heavy (non-hydrogen) atoms. The molecule has 17 heteroatoms. The predicted octanol–water partition coefficient (Wildman–Crippen LogP) is 1.22. The highest BCUT2D eigenvalue weighted by Gasteiger charge is 2.16. The Hall–Kier alpha value is -5.68. The molecule has 17 nitrogen and oxygen atoms in total. The van der Waals surface area contributed by atoms with Crippen LogP contribution < -0.4 is 9.96 Å². The molecular formula is C29H32N2O15. The summed E-state index contributed by atoms with van der Waals surface area (Å²) in [5.41, 5.74) is 1.06. The fourth-order valence-electron chi connectivity index (χ4n) is 3.31. The largest absolute Gasteiger partial charge is 0.480 e. The summed E-state index contributed by atoms with van der Waals surface area (Å²) in [6.45, 7) is 0.766. The van der Waals surface area contributed by atoms with E-state index in [-0.39, 0.29) is 49.8 Å². The number of carbonyl (C=O) groups excluding carboxylic acids is 4. The number of nitrogens with zero attached hydrogens (tertiary/aromatic N) is 2. The summed E-state index contributed by atoms with van der Waals surface area (Å²) in [6, 6.07) is 11.3. The van der Waals surface area contributed by atoms with Gasteiger partial charge in [0, 0.05) is 12.7 Å². The zero-order chi connectivity index (χ0) is 33.9. The van der Waals surface area contributed by atoms with E-state index in [2.05, 4.69) is 11.5 Å². The Labute approximate surface area is 262 Å². The number of hydroxylamine groups is 1. The maximum atomic E-state index is 12.2. The van der Waals surface area contributed by atoms with E-state index in [1.165, 1.54) is 41.3 Å². The summed E-state index contributed by atoms with van der Waals surface area (Å²) in [7, 11) is 1.58. The number of rotatable bonds is 21. The lowest BCUT2D eigenvalue weighted by Crippen LogP contribution is -2.29. The van der Waals surface area contributed by atoms with Gasteiger partial charge >= 0.3 is 35.8 Å². The number of hydrogen-bond donors (Lipinski definition) is 2.